The number of nitrogens with two attached hydrogens (primary N) is 1. The summed E-state index contributed by atoms with van der Waals surface area (Å²) in [6.45, 7) is 0. The summed E-state index contributed by atoms with van der Waals surface area (Å²) < 4.78 is 0. The molecule has 1 aromatic rings. The SMILES string of the molecule is Nc1ccc(C(=O)N2C(=O)CCC3CCCC32)cc1. The van der Waals surface area contributed by atoms with Gasteiger partial charge in [-0.2, -0.15) is 0 Å². The third-order valence-corrected chi connectivity index (χ3v) is 4.32. The smallest absolute Gasteiger partial charge is 0.260 e. The molecule has 0 radical (unpaired) electrons. The van der Waals surface area contributed by atoms with E-state index in [9.17, 15) is 9.59 Å². The minimum Gasteiger partial charge on any atom is -0.399 e. The van der Waals surface area contributed by atoms with Crippen molar-refractivity contribution >= 4 is 17.5 Å². The molecule has 2 fully saturated rings. The minimum absolute atomic E-state index is 0.0232. The van der Waals surface area contributed by atoms with E-state index in [0.717, 1.165) is 25.7 Å². The molecule has 0 bridgehead atoms. The minimum atomic E-state index is -0.165. The first-order valence-corrected chi connectivity index (χ1v) is 6.89. The van der Waals surface area contributed by atoms with Crippen molar-refractivity contribution in [3.63, 3.8) is 0 Å². The van der Waals surface area contributed by atoms with Gasteiger partial charge in [0.15, 0.2) is 0 Å². The molecule has 1 aliphatic carbocycles. The Balaban J connectivity index is 1.88. The second-order valence-electron chi connectivity index (χ2n) is 5.49. The lowest BCUT2D eigenvalue weighted by molar-refractivity contribution is -0.134. The normalized spacial score (nSPS) is 26.3. The number of anilines is 1. The van der Waals surface area contributed by atoms with E-state index < -0.39 is 0 Å². The van der Waals surface area contributed by atoms with Crippen molar-refractivity contribution in [3.05, 3.63) is 29.8 Å². The molecular formula is C15H18N2O2. The van der Waals surface area contributed by atoms with Crippen molar-refractivity contribution < 1.29 is 9.59 Å². The monoisotopic (exact) mass is 258 g/mol. The van der Waals surface area contributed by atoms with Gasteiger partial charge in [0.25, 0.3) is 5.91 Å². The molecule has 2 aliphatic rings. The summed E-state index contributed by atoms with van der Waals surface area (Å²) in [5.41, 5.74) is 6.80. The van der Waals surface area contributed by atoms with Gasteiger partial charge in [0.05, 0.1) is 0 Å². The second kappa shape index (κ2) is 4.68. The fraction of sp³-hybridized carbons (Fsp3) is 0.467. The van der Waals surface area contributed by atoms with Gasteiger partial charge in [-0.15, -0.1) is 0 Å². The lowest BCUT2D eigenvalue weighted by atomic mass is 9.91. The van der Waals surface area contributed by atoms with Crippen LogP contribution in [-0.4, -0.2) is 22.8 Å². The Labute approximate surface area is 112 Å². The molecule has 4 heteroatoms. The maximum absolute atomic E-state index is 12.5. The number of amides is 2. The highest BCUT2D eigenvalue weighted by molar-refractivity contribution is 6.05. The van der Waals surface area contributed by atoms with E-state index in [1.165, 1.54) is 4.90 Å². The van der Waals surface area contributed by atoms with Gasteiger partial charge < -0.3 is 5.73 Å². The third kappa shape index (κ3) is 2.11. The van der Waals surface area contributed by atoms with Crippen molar-refractivity contribution in [1.82, 2.24) is 4.90 Å². The van der Waals surface area contributed by atoms with Crippen LogP contribution >= 0.6 is 0 Å². The average molecular weight is 258 g/mol. The number of fused-ring (bicyclic) bond motifs is 1. The fourth-order valence-electron chi connectivity index (χ4n) is 3.34. The Hall–Kier alpha value is -1.84. The Morgan fingerprint density at radius 2 is 1.89 bits per heavy atom. The van der Waals surface area contributed by atoms with Crippen LogP contribution in [0.1, 0.15) is 42.5 Å². The van der Waals surface area contributed by atoms with Gasteiger partial charge in [0.2, 0.25) is 5.91 Å². The van der Waals surface area contributed by atoms with Gasteiger partial charge in [-0.1, -0.05) is 6.42 Å². The molecule has 19 heavy (non-hydrogen) atoms. The summed E-state index contributed by atoms with van der Waals surface area (Å²) in [7, 11) is 0. The Morgan fingerprint density at radius 3 is 2.63 bits per heavy atom. The van der Waals surface area contributed by atoms with Crippen LogP contribution in [0.5, 0.6) is 0 Å². The molecule has 100 valence electrons. The Kier molecular flexibility index (Phi) is 3.01. The lowest BCUT2D eigenvalue weighted by Gasteiger charge is -2.36. The molecule has 0 aromatic heterocycles. The number of benzene rings is 1. The van der Waals surface area contributed by atoms with Crippen molar-refractivity contribution in [1.29, 1.82) is 0 Å². The van der Waals surface area contributed by atoms with Gasteiger partial charge in [0, 0.05) is 23.7 Å². The van der Waals surface area contributed by atoms with Gasteiger partial charge >= 0.3 is 0 Å². The van der Waals surface area contributed by atoms with Crippen molar-refractivity contribution in [2.45, 2.75) is 38.1 Å². The highest BCUT2D eigenvalue weighted by atomic mass is 16.2. The Morgan fingerprint density at radius 1 is 1.16 bits per heavy atom. The summed E-state index contributed by atoms with van der Waals surface area (Å²) >= 11 is 0. The molecule has 4 nitrogen and oxygen atoms in total. The van der Waals surface area contributed by atoms with Crippen LogP contribution in [0.15, 0.2) is 24.3 Å². The van der Waals surface area contributed by atoms with Crippen LogP contribution in [0, 0.1) is 5.92 Å². The molecule has 1 saturated heterocycles. The van der Waals surface area contributed by atoms with Crippen LogP contribution in [0.3, 0.4) is 0 Å². The average Bonchev–Trinajstić information content (AvgIpc) is 2.87. The molecule has 2 N–H and O–H groups in total. The molecule has 2 amide bonds. The highest BCUT2D eigenvalue weighted by Crippen LogP contribution is 2.37. The van der Waals surface area contributed by atoms with Crippen molar-refractivity contribution in [3.8, 4) is 0 Å². The number of hydrogen-bond acceptors (Lipinski definition) is 3. The summed E-state index contributed by atoms with van der Waals surface area (Å²) in [5.74, 6) is 0.321. The van der Waals surface area contributed by atoms with Crippen molar-refractivity contribution in [2.24, 2.45) is 5.92 Å². The molecule has 2 unspecified atom stereocenters. The number of carbonyl (C=O) groups excluding carboxylic acids is 2. The van der Waals surface area contributed by atoms with E-state index in [0.29, 0.717) is 23.6 Å². The van der Waals surface area contributed by atoms with Gasteiger partial charge in [-0.05, 0) is 49.4 Å². The number of nitrogen functional groups attached to an aromatic ring is 1. The van der Waals surface area contributed by atoms with Crippen LogP contribution in [-0.2, 0) is 4.79 Å². The van der Waals surface area contributed by atoms with Crippen LogP contribution in [0.4, 0.5) is 5.69 Å². The molecule has 2 atom stereocenters. The molecule has 1 saturated carbocycles. The van der Waals surface area contributed by atoms with Crippen LogP contribution < -0.4 is 5.73 Å². The molecule has 3 rings (SSSR count). The molecule has 1 heterocycles. The Bertz CT molecular complexity index is 509. The van der Waals surface area contributed by atoms with Crippen molar-refractivity contribution in [2.75, 3.05) is 5.73 Å². The number of piperidine rings is 1. The van der Waals surface area contributed by atoms with E-state index in [-0.39, 0.29) is 17.9 Å². The van der Waals surface area contributed by atoms with E-state index in [1.54, 1.807) is 24.3 Å². The topological polar surface area (TPSA) is 63.4 Å². The summed E-state index contributed by atoms with van der Waals surface area (Å²) in [6, 6.07) is 6.92. The summed E-state index contributed by atoms with van der Waals surface area (Å²) in [4.78, 5) is 26.1. The highest BCUT2D eigenvalue weighted by Gasteiger charge is 2.41. The fourth-order valence-corrected chi connectivity index (χ4v) is 3.34. The van der Waals surface area contributed by atoms with E-state index in [2.05, 4.69) is 0 Å². The number of hydrogen-bond donors (Lipinski definition) is 1. The first kappa shape index (κ1) is 12.2. The number of carbonyl (C=O) groups is 2. The number of imide groups is 1. The number of likely N-dealkylation sites (tertiary alicyclic amines) is 1. The lowest BCUT2D eigenvalue weighted by Crippen LogP contribution is -2.49. The standard InChI is InChI=1S/C15H18N2O2/c16-12-7-4-11(5-8-12)15(19)17-13-3-1-2-10(13)6-9-14(17)18/h4-5,7-8,10,13H,1-3,6,9,16H2. The summed E-state index contributed by atoms with van der Waals surface area (Å²) in [6.07, 6.45) is 4.66. The molecule has 1 aliphatic heterocycles. The predicted molar refractivity (Wildman–Crippen MR) is 72.4 cm³/mol. The maximum Gasteiger partial charge on any atom is 0.260 e. The first-order valence-electron chi connectivity index (χ1n) is 6.89. The maximum atomic E-state index is 12.5. The van der Waals surface area contributed by atoms with Gasteiger partial charge in [0.1, 0.15) is 0 Å². The zero-order valence-electron chi connectivity index (χ0n) is 10.8. The molecule has 0 spiro atoms. The predicted octanol–water partition coefficient (Wildman–Crippen LogP) is 2.20. The second-order valence-corrected chi connectivity index (χ2v) is 5.49. The van der Waals surface area contributed by atoms with E-state index in [1.807, 2.05) is 0 Å². The van der Waals surface area contributed by atoms with Gasteiger partial charge in [-0.25, -0.2) is 0 Å². The van der Waals surface area contributed by atoms with E-state index in [4.69, 9.17) is 5.73 Å². The molecule has 1 aromatic carbocycles. The zero-order chi connectivity index (χ0) is 13.4. The first-order chi connectivity index (χ1) is 9.16. The zero-order valence-corrected chi connectivity index (χ0v) is 10.8. The summed E-state index contributed by atoms with van der Waals surface area (Å²) in [5, 5.41) is 0. The van der Waals surface area contributed by atoms with E-state index >= 15 is 0 Å². The van der Waals surface area contributed by atoms with Crippen LogP contribution in [0.25, 0.3) is 0 Å². The number of nitrogens with zero attached hydrogens (tertiary/aromatic N) is 1. The largest absolute Gasteiger partial charge is 0.399 e. The third-order valence-electron chi connectivity index (χ3n) is 4.32. The number of rotatable bonds is 1. The quantitative estimate of drug-likeness (QED) is 0.620. The van der Waals surface area contributed by atoms with Crippen LogP contribution in [0.2, 0.25) is 0 Å². The van der Waals surface area contributed by atoms with Gasteiger partial charge in [-0.3, -0.25) is 14.5 Å². The molecular weight excluding hydrogens is 240 g/mol.